The average Bonchev–Trinajstić information content (AvgIpc) is 3.33. The van der Waals surface area contributed by atoms with Crippen molar-refractivity contribution in [1.82, 2.24) is 20.1 Å². The van der Waals surface area contributed by atoms with Crippen molar-refractivity contribution in [3.8, 4) is 6.07 Å². The fourth-order valence-electron chi connectivity index (χ4n) is 5.11. The number of nitrogens with zero attached hydrogens (tertiary/aromatic N) is 6. The lowest BCUT2D eigenvalue weighted by atomic mass is 10.1. The zero-order valence-electron chi connectivity index (χ0n) is 21.4. The highest BCUT2D eigenvalue weighted by atomic mass is 19.4. The van der Waals surface area contributed by atoms with Crippen LogP contribution < -0.4 is 15.4 Å². The van der Waals surface area contributed by atoms with E-state index >= 15 is 0 Å². The van der Waals surface area contributed by atoms with Gasteiger partial charge < -0.3 is 19.4 Å². The second kappa shape index (κ2) is 11.4. The Hall–Kier alpha value is -4.44. The fraction of sp³-hybridized carbons (Fsp3) is 0.370. The third kappa shape index (κ3) is 5.62. The molecule has 4 heterocycles. The number of hydrogen-bond acceptors (Lipinski definition) is 8. The minimum Gasteiger partial charge on any atom is -0.378 e. The smallest absolute Gasteiger partial charge is 0.378 e. The first-order chi connectivity index (χ1) is 19.3. The Morgan fingerprint density at radius 3 is 2.60 bits per heavy atom. The van der Waals surface area contributed by atoms with Crippen LogP contribution in [-0.2, 0) is 22.3 Å². The molecule has 1 N–H and O–H groups in total. The molecule has 3 aromatic rings. The number of benzene rings is 1. The van der Waals surface area contributed by atoms with Gasteiger partial charge in [-0.05, 0) is 23.3 Å². The summed E-state index contributed by atoms with van der Waals surface area (Å²) >= 11 is 0. The topological polar surface area (TPSA) is 118 Å². The van der Waals surface area contributed by atoms with Gasteiger partial charge in [-0.2, -0.15) is 23.5 Å². The average molecular weight is 554 g/mol. The molecule has 1 atom stereocenters. The molecule has 0 unspecified atom stereocenters. The van der Waals surface area contributed by atoms with E-state index < -0.39 is 23.3 Å². The van der Waals surface area contributed by atoms with Gasteiger partial charge in [0.25, 0.3) is 5.56 Å². The Labute approximate surface area is 227 Å². The molecule has 2 aliphatic heterocycles. The molecule has 5 rings (SSSR count). The van der Waals surface area contributed by atoms with Crippen LogP contribution in [-0.4, -0.2) is 65.4 Å². The highest BCUT2D eigenvalue weighted by Crippen LogP contribution is 2.42. The van der Waals surface area contributed by atoms with E-state index in [-0.39, 0.29) is 37.8 Å². The SMILES string of the molecule is N#Cc1ccc(N2CCN(C(=O)CCOC[C@H]3c4ccccc4CN3c3cn[nH]c(=O)c3C(F)(F)F)CC2)nc1. The molecule has 1 fully saturated rings. The monoisotopic (exact) mass is 553 g/mol. The van der Waals surface area contributed by atoms with Gasteiger partial charge >= 0.3 is 6.18 Å². The van der Waals surface area contributed by atoms with E-state index in [2.05, 4.69) is 10.1 Å². The predicted octanol–water partition coefficient (Wildman–Crippen LogP) is 2.87. The molecule has 2 aromatic heterocycles. The van der Waals surface area contributed by atoms with Crippen LogP contribution in [0.25, 0.3) is 0 Å². The Bertz CT molecular complexity index is 1460. The summed E-state index contributed by atoms with van der Waals surface area (Å²) in [6, 6.07) is 12.2. The number of hydrogen-bond donors (Lipinski definition) is 1. The minimum absolute atomic E-state index is 0.0343. The summed E-state index contributed by atoms with van der Waals surface area (Å²) in [6.45, 7) is 2.53. The molecule has 2 aliphatic rings. The number of H-pyrrole nitrogens is 1. The highest BCUT2D eigenvalue weighted by Gasteiger charge is 2.41. The lowest BCUT2D eigenvalue weighted by Crippen LogP contribution is -2.49. The highest BCUT2D eigenvalue weighted by molar-refractivity contribution is 5.76. The molecule has 0 aliphatic carbocycles. The summed E-state index contributed by atoms with van der Waals surface area (Å²) in [5, 5.41) is 14.4. The lowest BCUT2D eigenvalue weighted by Gasteiger charge is -2.35. The van der Waals surface area contributed by atoms with Crippen LogP contribution in [0.5, 0.6) is 0 Å². The molecule has 13 heteroatoms. The standard InChI is InChI=1S/C27H26F3N7O3/c28-27(29,30)25-21(15-33-34-26(25)39)37-16-19-3-1-2-4-20(19)22(37)17-40-12-7-24(38)36-10-8-35(9-11-36)23-6-5-18(13-31)14-32-23/h1-6,14-15,22H,7-12,16-17H2,(H,34,39)/t22-/m0/s1. The van der Waals surface area contributed by atoms with E-state index in [9.17, 15) is 22.8 Å². The summed E-state index contributed by atoms with van der Waals surface area (Å²) in [7, 11) is 0. The molecular weight excluding hydrogens is 527 g/mol. The maximum absolute atomic E-state index is 13.8. The van der Waals surface area contributed by atoms with Crippen LogP contribution in [0.3, 0.4) is 0 Å². The maximum Gasteiger partial charge on any atom is 0.423 e. The number of pyridine rings is 1. The number of aromatic amines is 1. The number of aromatic nitrogens is 3. The van der Waals surface area contributed by atoms with Crippen molar-refractivity contribution in [2.75, 3.05) is 49.2 Å². The number of anilines is 2. The van der Waals surface area contributed by atoms with E-state index in [0.29, 0.717) is 31.7 Å². The first-order valence-electron chi connectivity index (χ1n) is 12.7. The fourth-order valence-corrected chi connectivity index (χ4v) is 5.11. The summed E-state index contributed by atoms with van der Waals surface area (Å²) < 4.78 is 47.2. The van der Waals surface area contributed by atoms with Crippen molar-refractivity contribution >= 4 is 17.4 Å². The van der Waals surface area contributed by atoms with Crippen LogP contribution in [0.4, 0.5) is 24.7 Å². The molecule has 40 heavy (non-hydrogen) atoms. The summed E-state index contributed by atoms with van der Waals surface area (Å²) in [5.41, 5.74) is -0.805. The molecular formula is C27H26F3N7O3. The van der Waals surface area contributed by atoms with Gasteiger partial charge in [-0.1, -0.05) is 24.3 Å². The van der Waals surface area contributed by atoms with Crippen molar-refractivity contribution in [2.24, 2.45) is 0 Å². The first-order valence-corrected chi connectivity index (χ1v) is 12.7. The number of ether oxygens (including phenoxy) is 1. The van der Waals surface area contributed by atoms with Crippen LogP contribution in [0, 0.1) is 11.3 Å². The largest absolute Gasteiger partial charge is 0.423 e. The van der Waals surface area contributed by atoms with Crippen molar-refractivity contribution < 1.29 is 22.7 Å². The van der Waals surface area contributed by atoms with E-state index in [1.54, 1.807) is 29.2 Å². The molecule has 1 amide bonds. The second-order valence-corrected chi connectivity index (χ2v) is 9.51. The molecule has 0 spiro atoms. The summed E-state index contributed by atoms with van der Waals surface area (Å²) in [5.74, 6) is 0.675. The van der Waals surface area contributed by atoms with E-state index in [4.69, 9.17) is 10.00 Å². The number of carbonyl (C=O) groups excluding carboxylic acids is 1. The van der Waals surface area contributed by atoms with Crippen LogP contribution in [0.2, 0.25) is 0 Å². The predicted molar refractivity (Wildman–Crippen MR) is 138 cm³/mol. The molecule has 0 bridgehead atoms. The number of halogens is 3. The molecule has 0 saturated carbocycles. The quantitative estimate of drug-likeness (QED) is 0.444. The second-order valence-electron chi connectivity index (χ2n) is 9.51. The first kappa shape index (κ1) is 27.1. The number of nitrogens with one attached hydrogen (secondary N) is 1. The Kier molecular flexibility index (Phi) is 7.70. The number of fused-ring (bicyclic) bond motifs is 1. The lowest BCUT2D eigenvalue weighted by molar-refractivity contribution is -0.138. The van der Waals surface area contributed by atoms with Crippen LogP contribution >= 0.6 is 0 Å². The van der Waals surface area contributed by atoms with Gasteiger partial charge in [-0.3, -0.25) is 9.59 Å². The number of amides is 1. The van der Waals surface area contributed by atoms with Crippen LogP contribution in [0.1, 0.15) is 34.7 Å². The summed E-state index contributed by atoms with van der Waals surface area (Å²) in [6.07, 6.45) is -2.20. The summed E-state index contributed by atoms with van der Waals surface area (Å²) in [4.78, 5) is 34.4. The minimum atomic E-state index is -4.86. The van der Waals surface area contributed by atoms with Gasteiger partial charge in [0.15, 0.2) is 0 Å². The van der Waals surface area contributed by atoms with Crippen molar-refractivity contribution in [3.05, 3.63) is 81.4 Å². The molecule has 0 radical (unpaired) electrons. The van der Waals surface area contributed by atoms with Crippen molar-refractivity contribution in [3.63, 3.8) is 0 Å². The Morgan fingerprint density at radius 2 is 1.90 bits per heavy atom. The molecule has 1 saturated heterocycles. The number of rotatable bonds is 7. The molecule has 208 valence electrons. The van der Waals surface area contributed by atoms with Gasteiger partial charge in [-0.25, -0.2) is 10.1 Å². The molecule has 10 nitrogen and oxygen atoms in total. The van der Waals surface area contributed by atoms with Gasteiger partial charge in [0, 0.05) is 38.9 Å². The third-order valence-corrected chi connectivity index (χ3v) is 7.13. The van der Waals surface area contributed by atoms with Gasteiger partial charge in [-0.15, -0.1) is 0 Å². The third-order valence-electron chi connectivity index (χ3n) is 7.13. The van der Waals surface area contributed by atoms with E-state index in [0.717, 1.165) is 23.1 Å². The zero-order chi connectivity index (χ0) is 28.3. The van der Waals surface area contributed by atoms with Gasteiger partial charge in [0.05, 0.1) is 43.1 Å². The van der Waals surface area contributed by atoms with Gasteiger partial charge in [0.2, 0.25) is 5.91 Å². The normalized spacial score (nSPS) is 17.1. The van der Waals surface area contributed by atoms with Crippen LogP contribution in [0.15, 0.2) is 53.6 Å². The van der Waals surface area contributed by atoms with E-state index in [1.165, 1.54) is 11.1 Å². The van der Waals surface area contributed by atoms with E-state index in [1.807, 2.05) is 28.2 Å². The Morgan fingerprint density at radius 1 is 1.12 bits per heavy atom. The van der Waals surface area contributed by atoms with Crippen molar-refractivity contribution in [1.29, 1.82) is 5.26 Å². The molecule has 1 aromatic carbocycles. The van der Waals surface area contributed by atoms with Gasteiger partial charge in [0.1, 0.15) is 17.5 Å². The Balaban J connectivity index is 1.18. The maximum atomic E-state index is 13.8. The zero-order valence-corrected chi connectivity index (χ0v) is 21.4. The van der Waals surface area contributed by atoms with Crippen molar-refractivity contribution in [2.45, 2.75) is 25.2 Å². The number of nitriles is 1. The number of alkyl halides is 3. The number of piperazine rings is 1. The number of carbonyl (C=O) groups is 1.